The standard InChI is InChI=1S/C25H32N6O5/c1-15(2)34-13-18-10-11-26-25(28-18)35-14-21-23(29-30-31(21)4)20-8-9-22(16(3)27-20)36-19-7-5-6-17(12-19)24(32)33/h8-11,15,17,19H,5-7,12-14H2,1-4H3,(H,32,33)/t17-,19-/m0/s1. The second kappa shape index (κ2) is 11.4. The molecule has 3 aromatic rings. The molecule has 3 aromatic heterocycles. The van der Waals surface area contributed by atoms with E-state index in [-0.39, 0.29) is 30.7 Å². The van der Waals surface area contributed by atoms with Gasteiger partial charge in [-0.3, -0.25) is 4.79 Å². The molecule has 0 unspecified atom stereocenters. The fourth-order valence-corrected chi connectivity index (χ4v) is 4.11. The second-order valence-corrected chi connectivity index (χ2v) is 9.21. The number of nitrogens with zero attached hydrogens (tertiary/aromatic N) is 6. The molecule has 1 fully saturated rings. The normalized spacial score (nSPS) is 17.8. The van der Waals surface area contributed by atoms with E-state index in [9.17, 15) is 9.90 Å². The Bertz CT molecular complexity index is 1200. The van der Waals surface area contributed by atoms with Crippen LogP contribution in [0.3, 0.4) is 0 Å². The van der Waals surface area contributed by atoms with E-state index >= 15 is 0 Å². The topological polar surface area (TPSA) is 134 Å². The summed E-state index contributed by atoms with van der Waals surface area (Å²) >= 11 is 0. The molecule has 1 aliphatic carbocycles. The molecule has 2 atom stereocenters. The van der Waals surface area contributed by atoms with Crippen LogP contribution in [0.5, 0.6) is 11.8 Å². The second-order valence-electron chi connectivity index (χ2n) is 9.21. The summed E-state index contributed by atoms with van der Waals surface area (Å²) in [4.78, 5) is 24.6. The molecule has 36 heavy (non-hydrogen) atoms. The number of carboxylic acids is 1. The van der Waals surface area contributed by atoms with Crippen LogP contribution in [0.4, 0.5) is 0 Å². The van der Waals surface area contributed by atoms with Crippen LogP contribution in [0.25, 0.3) is 11.4 Å². The highest BCUT2D eigenvalue weighted by Gasteiger charge is 2.28. The van der Waals surface area contributed by atoms with Gasteiger partial charge in [0.25, 0.3) is 0 Å². The number of rotatable bonds is 10. The Hall–Kier alpha value is -3.60. The summed E-state index contributed by atoms with van der Waals surface area (Å²) in [5, 5.41) is 17.8. The van der Waals surface area contributed by atoms with Crippen molar-refractivity contribution >= 4 is 5.97 Å². The molecule has 11 heteroatoms. The van der Waals surface area contributed by atoms with Crippen molar-refractivity contribution < 1.29 is 24.1 Å². The molecule has 0 radical (unpaired) electrons. The van der Waals surface area contributed by atoms with Crippen molar-refractivity contribution in [2.45, 2.75) is 71.9 Å². The maximum atomic E-state index is 11.4. The van der Waals surface area contributed by atoms with Gasteiger partial charge in [0.05, 0.1) is 41.8 Å². The first kappa shape index (κ1) is 25.5. The molecule has 11 nitrogen and oxygen atoms in total. The quantitative estimate of drug-likeness (QED) is 0.444. The van der Waals surface area contributed by atoms with Gasteiger partial charge >= 0.3 is 12.0 Å². The third kappa shape index (κ3) is 6.34. The van der Waals surface area contributed by atoms with Crippen LogP contribution >= 0.6 is 0 Å². The fourth-order valence-electron chi connectivity index (χ4n) is 4.11. The lowest BCUT2D eigenvalue weighted by atomic mass is 9.87. The van der Waals surface area contributed by atoms with Crippen LogP contribution in [0.1, 0.15) is 56.6 Å². The molecule has 0 spiro atoms. The van der Waals surface area contributed by atoms with Gasteiger partial charge in [0.15, 0.2) is 0 Å². The van der Waals surface area contributed by atoms with Crippen molar-refractivity contribution in [2.75, 3.05) is 0 Å². The van der Waals surface area contributed by atoms with Crippen LogP contribution in [-0.2, 0) is 29.8 Å². The number of aromatic nitrogens is 6. The molecule has 1 N–H and O–H groups in total. The third-order valence-corrected chi connectivity index (χ3v) is 6.09. The maximum Gasteiger partial charge on any atom is 0.317 e. The Morgan fingerprint density at radius 2 is 2.03 bits per heavy atom. The third-order valence-electron chi connectivity index (χ3n) is 6.09. The number of hydrogen-bond acceptors (Lipinski definition) is 9. The molecule has 0 amide bonds. The zero-order chi connectivity index (χ0) is 25.7. The maximum absolute atomic E-state index is 11.4. The number of pyridine rings is 1. The minimum atomic E-state index is -0.757. The predicted molar refractivity (Wildman–Crippen MR) is 129 cm³/mol. The minimum absolute atomic E-state index is 0.101. The van der Waals surface area contributed by atoms with Gasteiger partial charge in [-0.25, -0.2) is 14.6 Å². The monoisotopic (exact) mass is 496 g/mol. The molecular weight excluding hydrogens is 464 g/mol. The zero-order valence-electron chi connectivity index (χ0n) is 21.0. The average Bonchev–Trinajstić information content (AvgIpc) is 3.23. The van der Waals surface area contributed by atoms with E-state index in [1.54, 1.807) is 24.0 Å². The Morgan fingerprint density at radius 1 is 1.19 bits per heavy atom. The molecule has 4 rings (SSSR count). The summed E-state index contributed by atoms with van der Waals surface area (Å²) in [7, 11) is 1.79. The highest BCUT2D eigenvalue weighted by Crippen LogP contribution is 2.30. The summed E-state index contributed by atoms with van der Waals surface area (Å²) in [6, 6.07) is 5.71. The van der Waals surface area contributed by atoms with Gasteiger partial charge in [0.1, 0.15) is 23.7 Å². The number of hydrogen-bond donors (Lipinski definition) is 1. The Labute approximate surface area is 209 Å². The lowest BCUT2D eigenvalue weighted by molar-refractivity contribution is -0.143. The largest absolute Gasteiger partial charge is 0.489 e. The minimum Gasteiger partial charge on any atom is -0.489 e. The number of aryl methyl sites for hydroxylation is 2. The first-order valence-corrected chi connectivity index (χ1v) is 12.1. The SMILES string of the molecule is Cc1nc(-c2nnn(C)c2COc2nccc(COC(C)C)n2)ccc1O[C@H]1CCC[C@H](C(=O)O)C1. The van der Waals surface area contributed by atoms with Crippen LogP contribution in [0.15, 0.2) is 24.4 Å². The molecule has 0 aliphatic heterocycles. The van der Waals surface area contributed by atoms with Gasteiger partial charge in [-0.05, 0) is 64.7 Å². The van der Waals surface area contributed by atoms with Crippen molar-refractivity contribution in [3.8, 4) is 23.1 Å². The lowest BCUT2D eigenvalue weighted by Crippen LogP contribution is -2.29. The highest BCUT2D eigenvalue weighted by atomic mass is 16.5. The van der Waals surface area contributed by atoms with Gasteiger partial charge in [0.2, 0.25) is 0 Å². The van der Waals surface area contributed by atoms with Crippen molar-refractivity contribution in [3.05, 3.63) is 41.5 Å². The van der Waals surface area contributed by atoms with Crippen molar-refractivity contribution in [2.24, 2.45) is 13.0 Å². The van der Waals surface area contributed by atoms with Crippen LogP contribution in [-0.4, -0.2) is 53.2 Å². The summed E-state index contributed by atoms with van der Waals surface area (Å²) in [5.74, 6) is -0.469. The first-order chi connectivity index (χ1) is 17.3. The van der Waals surface area contributed by atoms with Gasteiger partial charge in [0, 0.05) is 13.2 Å². The van der Waals surface area contributed by atoms with Gasteiger partial charge in [-0.15, -0.1) is 5.10 Å². The van der Waals surface area contributed by atoms with Gasteiger partial charge < -0.3 is 19.3 Å². The van der Waals surface area contributed by atoms with E-state index in [2.05, 4.69) is 25.3 Å². The van der Waals surface area contributed by atoms with Crippen LogP contribution < -0.4 is 9.47 Å². The number of carbonyl (C=O) groups is 1. The number of carboxylic acid groups (broad SMARTS) is 1. The molecule has 192 valence electrons. The van der Waals surface area contributed by atoms with Gasteiger partial charge in [-0.2, -0.15) is 4.98 Å². The summed E-state index contributed by atoms with van der Waals surface area (Å²) in [6.07, 6.45) is 4.49. The van der Waals surface area contributed by atoms with E-state index in [0.29, 0.717) is 42.3 Å². The Balaban J connectivity index is 1.44. The Kier molecular flexibility index (Phi) is 8.09. The first-order valence-electron chi connectivity index (χ1n) is 12.1. The molecule has 0 bridgehead atoms. The smallest absolute Gasteiger partial charge is 0.317 e. The van der Waals surface area contributed by atoms with Gasteiger partial charge in [-0.1, -0.05) is 5.21 Å². The fraction of sp³-hybridized carbons (Fsp3) is 0.520. The predicted octanol–water partition coefficient (Wildman–Crippen LogP) is 3.50. The van der Waals surface area contributed by atoms with Crippen molar-refractivity contribution in [1.82, 2.24) is 29.9 Å². The highest BCUT2D eigenvalue weighted by molar-refractivity contribution is 5.70. The van der Waals surface area contributed by atoms with E-state index in [4.69, 9.17) is 14.2 Å². The molecule has 1 saturated carbocycles. The number of ether oxygens (including phenoxy) is 3. The van der Waals surface area contributed by atoms with E-state index < -0.39 is 5.97 Å². The van der Waals surface area contributed by atoms with Crippen LogP contribution in [0.2, 0.25) is 0 Å². The van der Waals surface area contributed by atoms with E-state index in [1.165, 1.54) is 0 Å². The summed E-state index contributed by atoms with van der Waals surface area (Å²) in [5.41, 5.74) is 3.38. The average molecular weight is 497 g/mol. The van der Waals surface area contributed by atoms with Crippen molar-refractivity contribution in [1.29, 1.82) is 0 Å². The molecule has 0 aromatic carbocycles. The lowest BCUT2D eigenvalue weighted by Gasteiger charge is -2.27. The van der Waals surface area contributed by atoms with Crippen molar-refractivity contribution in [3.63, 3.8) is 0 Å². The zero-order valence-corrected chi connectivity index (χ0v) is 21.0. The molecule has 0 saturated heterocycles. The summed E-state index contributed by atoms with van der Waals surface area (Å²) < 4.78 is 19.2. The molecular formula is C25H32N6O5. The molecule has 1 aliphatic rings. The summed E-state index contributed by atoms with van der Waals surface area (Å²) in [6.45, 7) is 6.33. The Morgan fingerprint density at radius 3 is 2.78 bits per heavy atom. The van der Waals surface area contributed by atoms with E-state index in [0.717, 1.165) is 24.2 Å². The number of aliphatic carboxylic acids is 1. The molecule has 3 heterocycles. The van der Waals surface area contributed by atoms with E-state index in [1.807, 2.05) is 32.9 Å². The van der Waals surface area contributed by atoms with Crippen LogP contribution in [0, 0.1) is 12.8 Å².